The van der Waals surface area contributed by atoms with Gasteiger partial charge in [-0.1, -0.05) is 0 Å². The highest BCUT2D eigenvalue weighted by Gasteiger charge is 2.36. The van der Waals surface area contributed by atoms with Crippen LogP contribution in [0.2, 0.25) is 0 Å². The molecule has 0 aliphatic carbocycles. The predicted octanol–water partition coefficient (Wildman–Crippen LogP) is 1.79. The van der Waals surface area contributed by atoms with Gasteiger partial charge >= 0.3 is 0 Å². The summed E-state index contributed by atoms with van der Waals surface area (Å²) < 4.78 is 1.87. The summed E-state index contributed by atoms with van der Waals surface area (Å²) in [5.41, 5.74) is -1.05. The van der Waals surface area contributed by atoms with Crippen molar-refractivity contribution in [3.63, 3.8) is 0 Å². The largest absolute Gasteiger partial charge is 0.388 e. The summed E-state index contributed by atoms with van der Waals surface area (Å²) in [5, 5.41) is 12.9. The molecular weight excluding hydrogens is 216 g/mol. The summed E-state index contributed by atoms with van der Waals surface area (Å²) >= 11 is 0. The first-order chi connectivity index (χ1) is 7.69. The SMILES string of the molecule is CCn1cccc1C(=O)NC(C)(C)C(C)(C)O. The highest BCUT2D eigenvalue weighted by molar-refractivity contribution is 5.93. The van der Waals surface area contributed by atoms with E-state index in [1.807, 2.05) is 37.6 Å². The molecule has 0 fully saturated rings. The second-order valence-electron chi connectivity index (χ2n) is 5.32. The highest BCUT2D eigenvalue weighted by atomic mass is 16.3. The maximum Gasteiger partial charge on any atom is 0.268 e. The minimum atomic E-state index is -0.980. The van der Waals surface area contributed by atoms with Gasteiger partial charge in [0.15, 0.2) is 0 Å². The number of hydrogen-bond acceptors (Lipinski definition) is 2. The maximum atomic E-state index is 12.1. The van der Waals surface area contributed by atoms with E-state index in [0.717, 1.165) is 6.54 Å². The van der Waals surface area contributed by atoms with Crippen LogP contribution in [0.15, 0.2) is 18.3 Å². The van der Waals surface area contributed by atoms with Gasteiger partial charge in [0.1, 0.15) is 5.69 Å². The van der Waals surface area contributed by atoms with Crippen LogP contribution in [-0.4, -0.2) is 26.7 Å². The molecule has 4 heteroatoms. The number of rotatable bonds is 4. The normalized spacial score (nSPS) is 12.6. The smallest absolute Gasteiger partial charge is 0.268 e. The highest BCUT2D eigenvalue weighted by Crippen LogP contribution is 2.21. The number of nitrogens with one attached hydrogen (secondary N) is 1. The zero-order chi connectivity index (χ0) is 13.3. The van der Waals surface area contributed by atoms with Gasteiger partial charge in [-0.25, -0.2) is 0 Å². The molecule has 0 bridgehead atoms. The Morgan fingerprint density at radius 1 is 1.41 bits per heavy atom. The second-order valence-corrected chi connectivity index (χ2v) is 5.32. The third-order valence-electron chi connectivity index (χ3n) is 3.36. The number of nitrogens with zero attached hydrogens (tertiary/aromatic N) is 1. The van der Waals surface area contributed by atoms with E-state index in [9.17, 15) is 9.90 Å². The predicted molar refractivity (Wildman–Crippen MR) is 67.9 cm³/mol. The maximum absolute atomic E-state index is 12.1. The number of hydrogen-bond donors (Lipinski definition) is 2. The van der Waals surface area contributed by atoms with Crippen molar-refractivity contribution < 1.29 is 9.90 Å². The standard InChI is InChI=1S/C13H22N2O2/c1-6-15-9-7-8-10(15)11(16)14-12(2,3)13(4,5)17/h7-9,17H,6H2,1-5H3,(H,14,16). The third kappa shape index (κ3) is 2.88. The molecule has 0 spiro atoms. The summed E-state index contributed by atoms with van der Waals surface area (Å²) in [6, 6.07) is 3.62. The lowest BCUT2D eigenvalue weighted by atomic mass is 9.86. The Kier molecular flexibility index (Phi) is 3.67. The molecule has 2 N–H and O–H groups in total. The Labute approximate surface area is 103 Å². The van der Waals surface area contributed by atoms with Crippen molar-refractivity contribution in [3.05, 3.63) is 24.0 Å². The summed E-state index contributed by atoms with van der Waals surface area (Å²) in [6.07, 6.45) is 1.87. The zero-order valence-corrected chi connectivity index (χ0v) is 11.2. The van der Waals surface area contributed by atoms with Crippen molar-refractivity contribution in [3.8, 4) is 0 Å². The van der Waals surface area contributed by atoms with Crippen LogP contribution in [0.5, 0.6) is 0 Å². The van der Waals surface area contributed by atoms with Crippen LogP contribution in [-0.2, 0) is 6.54 Å². The van der Waals surface area contributed by atoms with E-state index < -0.39 is 11.1 Å². The molecule has 0 aliphatic heterocycles. The minimum absolute atomic E-state index is 0.163. The van der Waals surface area contributed by atoms with Gasteiger partial charge in [-0.05, 0) is 46.8 Å². The van der Waals surface area contributed by atoms with E-state index in [1.165, 1.54) is 0 Å². The molecule has 1 heterocycles. The summed E-state index contributed by atoms with van der Waals surface area (Å²) in [4.78, 5) is 12.1. The molecular formula is C13H22N2O2. The van der Waals surface area contributed by atoms with Crippen molar-refractivity contribution in [2.75, 3.05) is 0 Å². The molecule has 0 aromatic carbocycles. The fourth-order valence-corrected chi connectivity index (χ4v) is 1.40. The average Bonchev–Trinajstić information content (AvgIpc) is 2.62. The molecule has 96 valence electrons. The molecule has 17 heavy (non-hydrogen) atoms. The first kappa shape index (κ1) is 13.8. The van der Waals surface area contributed by atoms with Gasteiger partial charge in [0.2, 0.25) is 0 Å². The number of carbonyl (C=O) groups is 1. The Hall–Kier alpha value is -1.29. The van der Waals surface area contributed by atoms with Gasteiger partial charge in [0.25, 0.3) is 5.91 Å². The Morgan fingerprint density at radius 3 is 2.47 bits per heavy atom. The van der Waals surface area contributed by atoms with E-state index in [-0.39, 0.29) is 5.91 Å². The van der Waals surface area contributed by atoms with Crippen LogP contribution in [0.25, 0.3) is 0 Å². The van der Waals surface area contributed by atoms with Gasteiger partial charge < -0.3 is 15.0 Å². The van der Waals surface area contributed by atoms with Crippen LogP contribution in [0.4, 0.5) is 0 Å². The first-order valence-corrected chi connectivity index (χ1v) is 5.89. The van der Waals surface area contributed by atoms with Crippen molar-refractivity contribution in [1.82, 2.24) is 9.88 Å². The van der Waals surface area contributed by atoms with Gasteiger partial charge in [-0.2, -0.15) is 0 Å². The van der Waals surface area contributed by atoms with Crippen LogP contribution in [0.1, 0.15) is 45.1 Å². The Balaban J connectivity index is 2.87. The molecule has 0 aliphatic rings. The molecule has 0 radical (unpaired) electrons. The van der Waals surface area contributed by atoms with Crippen LogP contribution < -0.4 is 5.32 Å². The number of aliphatic hydroxyl groups is 1. The fraction of sp³-hybridized carbons (Fsp3) is 0.615. The summed E-state index contributed by atoms with van der Waals surface area (Å²) in [5.74, 6) is -0.163. The van der Waals surface area contributed by atoms with E-state index in [1.54, 1.807) is 19.9 Å². The average molecular weight is 238 g/mol. The van der Waals surface area contributed by atoms with E-state index in [0.29, 0.717) is 5.69 Å². The Bertz CT molecular complexity index is 400. The molecule has 4 nitrogen and oxygen atoms in total. The number of aromatic nitrogens is 1. The topological polar surface area (TPSA) is 54.3 Å². The summed E-state index contributed by atoms with van der Waals surface area (Å²) in [7, 11) is 0. The van der Waals surface area contributed by atoms with Gasteiger partial charge in [0, 0.05) is 12.7 Å². The summed E-state index contributed by atoms with van der Waals surface area (Å²) in [6.45, 7) is 9.73. The van der Waals surface area contributed by atoms with E-state index in [4.69, 9.17) is 0 Å². The number of carbonyl (C=O) groups excluding carboxylic acids is 1. The van der Waals surface area contributed by atoms with E-state index >= 15 is 0 Å². The molecule has 1 aromatic heterocycles. The molecule has 1 rings (SSSR count). The van der Waals surface area contributed by atoms with E-state index in [2.05, 4.69) is 5.32 Å². The third-order valence-corrected chi connectivity index (χ3v) is 3.36. The molecule has 0 saturated heterocycles. The van der Waals surface area contributed by atoms with Crippen molar-refractivity contribution >= 4 is 5.91 Å². The quantitative estimate of drug-likeness (QED) is 0.840. The molecule has 0 unspecified atom stereocenters. The number of aryl methyl sites for hydroxylation is 1. The van der Waals surface area contributed by atoms with Crippen molar-refractivity contribution in [2.24, 2.45) is 0 Å². The van der Waals surface area contributed by atoms with Crippen molar-refractivity contribution in [1.29, 1.82) is 0 Å². The second kappa shape index (κ2) is 4.53. The first-order valence-electron chi connectivity index (χ1n) is 5.89. The van der Waals surface area contributed by atoms with Crippen LogP contribution in [0, 0.1) is 0 Å². The molecule has 0 saturated carbocycles. The lowest BCUT2D eigenvalue weighted by molar-refractivity contribution is -0.00309. The monoisotopic (exact) mass is 238 g/mol. The van der Waals surface area contributed by atoms with Crippen molar-refractivity contribution in [2.45, 2.75) is 52.3 Å². The van der Waals surface area contributed by atoms with Gasteiger partial charge in [0.05, 0.1) is 11.1 Å². The molecule has 1 amide bonds. The molecule has 0 atom stereocenters. The Morgan fingerprint density at radius 2 is 2.00 bits per heavy atom. The zero-order valence-electron chi connectivity index (χ0n) is 11.2. The van der Waals surface area contributed by atoms with Gasteiger partial charge in [-0.3, -0.25) is 4.79 Å². The lowest BCUT2D eigenvalue weighted by Gasteiger charge is -2.38. The van der Waals surface area contributed by atoms with Crippen LogP contribution in [0.3, 0.4) is 0 Å². The number of amides is 1. The van der Waals surface area contributed by atoms with Crippen LogP contribution >= 0.6 is 0 Å². The van der Waals surface area contributed by atoms with Gasteiger partial charge in [-0.15, -0.1) is 0 Å². The molecule has 1 aromatic rings. The lowest BCUT2D eigenvalue weighted by Crippen LogP contribution is -2.57. The minimum Gasteiger partial charge on any atom is -0.388 e. The fourth-order valence-electron chi connectivity index (χ4n) is 1.40.